The number of amides is 1. The van der Waals surface area contributed by atoms with Gasteiger partial charge in [-0.1, -0.05) is 85.8 Å². The Bertz CT molecular complexity index is 1760. The summed E-state index contributed by atoms with van der Waals surface area (Å²) < 4.78 is 2.18. The van der Waals surface area contributed by atoms with Crippen LogP contribution in [0.5, 0.6) is 0 Å². The van der Waals surface area contributed by atoms with Crippen LogP contribution in [0.25, 0.3) is 10.9 Å². The third-order valence-corrected chi connectivity index (χ3v) is 7.67. The molecule has 3 aromatic heterocycles. The lowest BCUT2D eigenvalue weighted by molar-refractivity contribution is -0.121. The van der Waals surface area contributed by atoms with Gasteiger partial charge in [-0.25, -0.2) is 0 Å². The predicted molar refractivity (Wildman–Crippen MR) is 165 cm³/mol. The minimum Gasteiger partial charge on any atom is -0.361 e. The first-order valence-corrected chi connectivity index (χ1v) is 14.5. The van der Waals surface area contributed by atoms with Crippen LogP contribution in [0.1, 0.15) is 52.6 Å². The fourth-order valence-corrected chi connectivity index (χ4v) is 5.38. The fraction of sp³-hybridized carbons (Fsp3) is 0.200. The molecule has 42 heavy (non-hydrogen) atoms. The van der Waals surface area contributed by atoms with Gasteiger partial charge in [-0.15, -0.1) is 10.2 Å². The molecule has 3 aromatic carbocycles. The van der Waals surface area contributed by atoms with Crippen molar-refractivity contribution in [3.63, 3.8) is 0 Å². The average molecular weight is 555 g/mol. The number of rotatable bonds is 11. The maximum atomic E-state index is 13.5. The molecule has 0 aliphatic carbocycles. The Morgan fingerprint density at radius 3 is 2.38 bits per heavy atom. The second-order valence-corrected chi connectivity index (χ2v) is 10.5. The topological polar surface area (TPSA) is 88.5 Å². The Balaban J connectivity index is 1.40. The summed E-state index contributed by atoms with van der Waals surface area (Å²) in [7, 11) is 0. The Morgan fingerprint density at radius 1 is 0.833 bits per heavy atom. The lowest BCUT2D eigenvalue weighted by atomic mass is 10.0. The molecule has 1 amide bonds. The lowest BCUT2D eigenvalue weighted by Crippen LogP contribution is -2.33. The van der Waals surface area contributed by atoms with Crippen molar-refractivity contribution >= 4 is 16.8 Å². The summed E-state index contributed by atoms with van der Waals surface area (Å²) in [5, 5.41) is 13.8. The number of aromatic nitrogens is 5. The average Bonchev–Trinajstić information content (AvgIpc) is 3.64. The highest BCUT2D eigenvalue weighted by Gasteiger charge is 2.27. The van der Waals surface area contributed by atoms with Crippen molar-refractivity contribution < 1.29 is 4.79 Å². The van der Waals surface area contributed by atoms with E-state index in [2.05, 4.69) is 81.4 Å². The van der Waals surface area contributed by atoms with Crippen LogP contribution in [-0.2, 0) is 37.0 Å². The van der Waals surface area contributed by atoms with Crippen LogP contribution in [0, 0.1) is 0 Å². The predicted octanol–water partition coefficient (Wildman–Crippen LogP) is 6.00. The van der Waals surface area contributed by atoms with Crippen molar-refractivity contribution in [2.24, 2.45) is 0 Å². The maximum Gasteiger partial charge on any atom is 0.226 e. The number of benzene rings is 3. The van der Waals surface area contributed by atoms with E-state index < -0.39 is 6.04 Å². The number of H-pyrrole nitrogens is 1. The molecule has 6 aromatic rings. The summed E-state index contributed by atoms with van der Waals surface area (Å²) in [5.41, 5.74) is 6.37. The van der Waals surface area contributed by atoms with Gasteiger partial charge < -0.3 is 14.9 Å². The Morgan fingerprint density at radius 2 is 1.60 bits per heavy atom. The summed E-state index contributed by atoms with van der Waals surface area (Å²) in [5.74, 6) is 1.46. The van der Waals surface area contributed by atoms with E-state index in [4.69, 9.17) is 10.2 Å². The zero-order valence-electron chi connectivity index (χ0n) is 23.7. The molecule has 3 heterocycles. The zero-order chi connectivity index (χ0) is 28.7. The van der Waals surface area contributed by atoms with Gasteiger partial charge in [0.05, 0.1) is 13.0 Å². The first-order chi connectivity index (χ1) is 20.7. The van der Waals surface area contributed by atoms with Crippen LogP contribution < -0.4 is 5.32 Å². The molecular formula is C35H34N6O. The highest BCUT2D eigenvalue weighted by molar-refractivity contribution is 5.85. The highest BCUT2D eigenvalue weighted by atomic mass is 16.1. The summed E-state index contributed by atoms with van der Waals surface area (Å²) >= 11 is 0. The quantitative estimate of drug-likeness (QED) is 0.206. The first-order valence-electron chi connectivity index (χ1n) is 14.5. The van der Waals surface area contributed by atoms with Gasteiger partial charge in [0.25, 0.3) is 0 Å². The molecule has 0 bridgehead atoms. The molecule has 7 nitrogen and oxygen atoms in total. The van der Waals surface area contributed by atoms with Crippen molar-refractivity contribution in [1.82, 2.24) is 30.0 Å². The summed E-state index contributed by atoms with van der Waals surface area (Å²) in [6.45, 7) is 2.76. The molecule has 2 N–H and O–H groups in total. The number of nitrogens with one attached hydrogen (secondary N) is 2. The molecular weight excluding hydrogens is 520 g/mol. The number of hydrogen-bond acceptors (Lipinski definition) is 4. The summed E-state index contributed by atoms with van der Waals surface area (Å²) in [6.07, 6.45) is 6.41. The van der Waals surface area contributed by atoms with E-state index in [1.54, 1.807) is 6.20 Å². The number of nitrogens with zero attached hydrogens (tertiary/aromatic N) is 4. The second kappa shape index (κ2) is 12.6. The SMILES string of the molecule is CCc1ccc(Cn2c(CCc3ccccc3)nnc2[C@H](NC(=O)Cc2ccccn2)c2c[nH]c3ccccc23)cc1. The van der Waals surface area contributed by atoms with Crippen molar-refractivity contribution in [3.8, 4) is 0 Å². The lowest BCUT2D eigenvalue weighted by Gasteiger charge is -2.20. The minimum atomic E-state index is -0.509. The number of aryl methyl sites for hydroxylation is 3. The van der Waals surface area contributed by atoms with Crippen LogP contribution in [0.3, 0.4) is 0 Å². The molecule has 0 saturated carbocycles. The summed E-state index contributed by atoms with van der Waals surface area (Å²) in [6, 6.07) is 32.3. The molecule has 0 radical (unpaired) electrons. The number of carbonyl (C=O) groups excluding carboxylic acids is 1. The Kier molecular flexibility index (Phi) is 8.17. The first kappa shape index (κ1) is 27.1. The van der Waals surface area contributed by atoms with Gasteiger partial charge in [0, 0.05) is 41.0 Å². The molecule has 0 aliphatic heterocycles. The van der Waals surface area contributed by atoms with Gasteiger partial charge in [0.1, 0.15) is 11.9 Å². The molecule has 0 spiro atoms. The van der Waals surface area contributed by atoms with E-state index in [9.17, 15) is 4.79 Å². The Hall–Kier alpha value is -5.04. The largest absolute Gasteiger partial charge is 0.361 e. The van der Waals surface area contributed by atoms with Gasteiger partial charge in [-0.05, 0) is 47.7 Å². The van der Waals surface area contributed by atoms with Gasteiger partial charge >= 0.3 is 0 Å². The second-order valence-electron chi connectivity index (χ2n) is 10.5. The van der Waals surface area contributed by atoms with E-state index in [1.807, 2.05) is 48.7 Å². The van der Waals surface area contributed by atoms with E-state index in [0.717, 1.165) is 47.1 Å². The van der Waals surface area contributed by atoms with Crippen molar-refractivity contribution in [2.45, 2.75) is 45.2 Å². The van der Waals surface area contributed by atoms with Crippen molar-refractivity contribution in [2.75, 3.05) is 0 Å². The molecule has 7 heteroatoms. The van der Waals surface area contributed by atoms with Crippen molar-refractivity contribution in [1.29, 1.82) is 0 Å². The highest BCUT2D eigenvalue weighted by Crippen LogP contribution is 2.29. The van der Waals surface area contributed by atoms with E-state index in [1.165, 1.54) is 11.1 Å². The van der Waals surface area contributed by atoms with Crippen LogP contribution in [0.2, 0.25) is 0 Å². The molecule has 0 saturated heterocycles. The molecule has 0 aliphatic rings. The minimum absolute atomic E-state index is 0.128. The molecule has 6 rings (SSSR count). The number of para-hydroxylation sites is 1. The van der Waals surface area contributed by atoms with Crippen molar-refractivity contribution in [3.05, 3.63) is 149 Å². The number of carbonyl (C=O) groups is 1. The third kappa shape index (κ3) is 6.15. The number of pyridine rings is 1. The number of aromatic amines is 1. The van der Waals surface area contributed by atoms with Crippen LogP contribution in [-0.4, -0.2) is 30.6 Å². The van der Waals surface area contributed by atoms with E-state index in [-0.39, 0.29) is 12.3 Å². The number of fused-ring (bicyclic) bond motifs is 1. The van der Waals surface area contributed by atoms with Gasteiger partial charge in [-0.3, -0.25) is 9.78 Å². The normalized spacial score (nSPS) is 11.9. The molecule has 210 valence electrons. The van der Waals surface area contributed by atoms with Gasteiger partial charge in [0.15, 0.2) is 5.82 Å². The van der Waals surface area contributed by atoms with Crippen LogP contribution >= 0.6 is 0 Å². The van der Waals surface area contributed by atoms with Gasteiger partial charge in [-0.2, -0.15) is 0 Å². The monoisotopic (exact) mass is 554 g/mol. The number of hydrogen-bond donors (Lipinski definition) is 2. The van der Waals surface area contributed by atoms with Gasteiger partial charge in [0.2, 0.25) is 5.91 Å². The van der Waals surface area contributed by atoms with Crippen LogP contribution in [0.4, 0.5) is 0 Å². The molecule has 0 unspecified atom stereocenters. The molecule has 0 fully saturated rings. The smallest absolute Gasteiger partial charge is 0.226 e. The van der Waals surface area contributed by atoms with E-state index >= 15 is 0 Å². The van der Waals surface area contributed by atoms with Crippen LogP contribution in [0.15, 0.2) is 109 Å². The standard InChI is InChI=1S/C35H34N6O/c1-2-25-15-17-27(18-16-25)24-41-32(20-19-26-10-4-3-5-11-26)39-40-35(41)34(30-23-37-31-14-7-6-13-29(30)31)38-33(42)22-28-12-8-9-21-36-28/h3-18,21,23,34,37H,2,19-20,22,24H2,1H3,(H,38,42)/t34-/m1/s1. The zero-order valence-corrected chi connectivity index (χ0v) is 23.7. The maximum absolute atomic E-state index is 13.5. The third-order valence-electron chi connectivity index (χ3n) is 7.67. The molecule has 1 atom stereocenters. The fourth-order valence-electron chi connectivity index (χ4n) is 5.38. The van der Waals surface area contributed by atoms with E-state index in [0.29, 0.717) is 18.1 Å². The summed E-state index contributed by atoms with van der Waals surface area (Å²) in [4.78, 5) is 21.2. The Labute approximate surface area is 245 Å².